The third-order valence-electron chi connectivity index (χ3n) is 4.34. The number of nitrogens with two attached hydrogens (primary N) is 1. The van der Waals surface area contributed by atoms with E-state index in [0.29, 0.717) is 32.6 Å². The predicted molar refractivity (Wildman–Crippen MR) is 114 cm³/mol. The lowest BCUT2D eigenvalue weighted by Crippen LogP contribution is -1.89. The molecule has 3 aromatic heterocycles. The SMILES string of the molecule is N#CC(=Cc1c[nH]c2ncc(-c3ccc(N)nc3)cc12)c1c(Cl)cccc1Cl. The van der Waals surface area contributed by atoms with Gasteiger partial charge in [-0.3, -0.25) is 0 Å². The summed E-state index contributed by atoms with van der Waals surface area (Å²) in [6, 6.07) is 13.0. The van der Waals surface area contributed by atoms with E-state index < -0.39 is 0 Å². The van der Waals surface area contributed by atoms with Crippen molar-refractivity contribution in [1.82, 2.24) is 15.0 Å². The molecule has 0 aliphatic heterocycles. The Labute approximate surface area is 171 Å². The van der Waals surface area contributed by atoms with Gasteiger partial charge in [0.1, 0.15) is 11.5 Å². The maximum absolute atomic E-state index is 9.68. The first-order chi connectivity index (χ1) is 13.6. The summed E-state index contributed by atoms with van der Waals surface area (Å²) in [5.41, 5.74) is 9.85. The zero-order chi connectivity index (χ0) is 19.7. The van der Waals surface area contributed by atoms with Gasteiger partial charge in [0, 0.05) is 46.2 Å². The van der Waals surface area contributed by atoms with Gasteiger partial charge in [0.2, 0.25) is 0 Å². The summed E-state index contributed by atoms with van der Waals surface area (Å²) < 4.78 is 0. The topological polar surface area (TPSA) is 91.4 Å². The van der Waals surface area contributed by atoms with Crippen LogP contribution in [0.25, 0.3) is 33.8 Å². The Morgan fingerprint density at radius 2 is 1.82 bits per heavy atom. The highest BCUT2D eigenvalue weighted by Crippen LogP contribution is 2.33. The van der Waals surface area contributed by atoms with Crippen LogP contribution in [0.2, 0.25) is 10.0 Å². The molecule has 0 spiro atoms. The van der Waals surface area contributed by atoms with Crippen LogP contribution in [0.3, 0.4) is 0 Å². The number of aromatic amines is 1. The van der Waals surface area contributed by atoms with Gasteiger partial charge in [0.15, 0.2) is 0 Å². The van der Waals surface area contributed by atoms with E-state index in [9.17, 15) is 5.26 Å². The third-order valence-corrected chi connectivity index (χ3v) is 4.97. The number of aromatic nitrogens is 3. The van der Waals surface area contributed by atoms with Crippen molar-refractivity contribution in [3.8, 4) is 17.2 Å². The van der Waals surface area contributed by atoms with Gasteiger partial charge >= 0.3 is 0 Å². The number of nitrogen functional groups attached to an aromatic ring is 1. The molecule has 0 amide bonds. The van der Waals surface area contributed by atoms with Crippen LogP contribution < -0.4 is 5.73 Å². The quantitative estimate of drug-likeness (QED) is 0.435. The monoisotopic (exact) mass is 405 g/mol. The third kappa shape index (κ3) is 3.31. The highest BCUT2D eigenvalue weighted by Gasteiger charge is 2.13. The van der Waals surface area contributed by atoms with Crippen LogP contribution in [0.15, 0.2) is 55.0 Å². The fraction of sp³-hybridized carbons (Fsp3) is 0. The van der Waals surface area contributed by atoms with E-state index in [1.54, 1.807) is 48.9 Å². The van der Waals surface area contributed by atoms with Gasteiger partial charge in [0.25, 0.3) is 0 Å². The lowest BCUT2D eigenvalue weighted by Gasteiger charge is -2.05. The van der Waals surface area contributed by atoms with Crippen molar-refractivity contribution in [3.05, 3.63) is 76.2 Å². The molecule has 1 aromatic carbocycles. The second kappa shape index (κ2) is 7.35. The number of fused-ring (bicyclic) bond motifs is 1. The summed E-state index contributed by atoms with van der Waals surface area (Å²) in [5.74, 6) is 0.457. The summed E-state index contributed by atoms with van der Waals surface area (Å²) in [7, 11) is 0. The highest BCUT2D eigenvalue weighted by atomic mass is 35.5. The Kier molecular flexibility index (Phi) is 4.74. The first-order valence-corrected chi connectivity index (χ1v) is 9.07. The van der Waals surface area contributed by atoms with E-state index in [-0.39, 0.29) is 0 Å². The highest BCUT2D eigenvalue weighted by molar-refractivity contribution is 6.38. The van der Waals surface area contributed by atoms with Gasteiger partial charge < -0.3 is 10.7 Å². The molecule has 28 heavy (non-hydrogen) atoms. The van der Waals surface area contributed by atoms with Crippen molar-refractivity contribution in [2.45, 2.75) is 0 Å². The van der Waals surface area contributed by atoms with Gasteiger partial charge in [0.05, 0.1) is 21.7 Å². The number of H-pyrrole nitrogens is 1. The molecule has 3 N–H and O–H groups in total. The fourth-order valence-corrected chi connectivity index (χ4v) is 3.55. The second-order valence-electron chi connectivity index (χ2n) is 6.10. The minimum Gasteiger partial charge on any atom is -0.384 e. The predicted octanol–water partition coefficient (Wildman–Crippen LogP) is 5.58. The first kappa shape index (κ1) is 18.1. The van der Waals surface area contributed by atoms with Crippen molar-refractivity contribution in [1.29, 1.82) is 5.26 Å². The number of nitrogens with zero attached hydrogens (tertiary/aromatic N) is 3. The lowest BCUT2D eigenvalue weighted by molar-refractivity contribution is 1.31. The normalized spacial score (nSPS) is 11.5. The van der Waals surface area contributed by atoms with E-state index in [0.717, 1.165) is 22.1 Å². The number of halogens is 2. The molecule has 4 rings (SSSR count). The number of rotatable bonds is 3. The van der Waals surface area contributed by atoms with Crippen LogP contribution >= 0.6 is 23.2 Å². The molecule has 5 nitrogen and oxygen atoms in total. The number of allylic oxidation sites excluding steroid dienone is 1. The van der Waals surface area contributed by atoms with Crippen LogP contribution in [0.5, 0.6) is 0 Å². The Balaban J connectivity index is 1.84. The molecule has 0 saturated heterocycles. The minimum atomic E-state index is 0.371. The number of hydrogen-bond acceptors (Lipinski definition) is 4. The van der Waals surface area contributed by atoms with E-state index in [1.807, 2.05) is 12.1 Å². The van der Waals surface area contributed by atoms with E-state index in [4.69, 9.17) is 28.9 Å². The van der Waals surface area contributed by atoms with Crippen molar-refractivity contribution in [3.63, 3.8) is 0 Å². The average molecular weight is 406 g/mol. The molecule has 0 aliphatic carbocycles. The smallest absolute Gasteiger partial charge is 0.137 e. The molecule has 0 saturated carbocycles. The number of hydrogen-bond donors (Lipinski definition) is 2. The zero-order valence-electron chi connectivity index (χ0n) is 14.4. The van der Waals surface area contributed by atoms with Crippen molar-refractivity contribution in [2.75, 3.05) is 5.73 Å². The number of nitriles is 1. The molecule has 0 radical (unpaired) electrons. The number of nitrogens with one attached hydrogen (secondary N) is 1. The van der Waals surface area contributed by atoms with E-state index in [1.165, 1.54) is 0 Å². The Morgan fingerprint density at radius 1 is 1.07 bits per heavy atom. The van der Waals surface area contributed by atoms with Crippen LogP contribution in [0.1, 0.15) is 11.1 Å². The molecule has 7 heteroatoms. The summed E-state index contributed by atoms with van der Waals surface area (Å²) in [4.78, 5) is 11.7. The molecule has 0 fully saturated rings. The standard InChI is InChI=1S/C21H13Cl2N5/c22-17-2-1-3-18(23)20(17)13(8-24)6-15-11-28-21-16(15)7-14(10-27-21)12-4-5-19(25)26-9-12/h1-7,9-11H,(H2,25,26)(H,27,28). The van der Waals surface area contributed by atoms with E-state index in [2.05, 4.69) is 21.0 Å². The van der Waals surface area contributed by atoms with Crippen LogP contribution in [-0.2, 0) is 0 Å². The summed E-state index contributed by atoms with van der Waals surface area (Å²) in [6.07, 6.45) is 7.00. The van der Waals surface area contributed by atoms with Crippen molar-refractivity contribution >= 4 is 51.7 Å². The van der Waals surface area contributed by atoms with Crippen LogP contribution in [0, 0.1) is 11.3 Å². The lowest BCUT2D eigenvalue weighted by atomic mass is 10.0. The molecule has 0 bridgehead atoms. The second-order valence-corrected chi connectivity index (χ2v) is 6.92. The maximum atomic E-state index is 9.68. The molecule has 0 aliphatic rings. The van der Waals surface area contributed by atoms with Crippen LogP contribution in [-0.4, -0.2) is 15.0 Å². The maximum Gasteiger partial charge on any atom is 0.137 e. The molecule has 4 aromatic rings. The molecule has 0 atom stereocenters. The fourth-order valence-electron chi connectivity index (χ4n) is 2.95. The minimum absolute atomic E-state index is 0.371. The first-order valence-electron chi connectivity index (χ1n) is 8.32. The summed E-state index contributed by atoms with van der Waals surface area (Å²) in [6.45, 7) is 0. The number of anilines is 1. The van der Waals surface area contributed by atoms with Gasteiger partial charge in [-0.15, -0.1) is 0 Å². The number of benzene rings is 1. The molecule has 136 valence electrons. The van der Waals surface area contributed by atoms with Crippen molar-refractivity contribution < 1.29 is 0 Å². The zero-order valence-corrected chi connectivity index (χ0v) is 16.0. The van der Waals surface area contributed by atoms with Crippen LogP contribution in [0.4, 0.5) is 5.82 Å². The summed E-state index contributed by atoms with van der Waals surface area (Å²) >= 11 is 12.5. The van der Waals surface area contributed by atoms with Gasteiger partial charge in [-0.2, -0.15) is 5.26 Å². The number of pyridine rings is 2. The molecular formula is C21H13Cl2N5. The largest absolute Gasteiger partial charge is 0.384 e. The molecule has 0 unspecified atom stereocenters. The van der Waals surface area contributed by atoms with Crippen molar-refractivity contribution in [2.24, 2.45) is 0 Å². The Bertz CT molecular complexity index is 1230. The summed E-state index contributed by atoms with van der Waals surface area (Å²) in [5, 5.41) is 11.4. The Hall–Kier alpha value is -3.33. The van der Waals surface area contributed by atoms with Gasteiger partial charge in [-0.05, 0) is 36.4 Å². The average Bonchev–Trinajstić information content (AvgIpc) is 3.09. The molecular weight excluding hydrogens is 393 g/mol. The Morgan fingerprint density at radius 3 is 2.50 bits per heavy atom. The van der Waals surface area contributed by atoms with Gasteiger partial charge in [-0.25, -0.2) is 9.97 Å². The van der Waals surface area contributed by atoms with Gasteiger partial charge in [-0.1, -0.05) is 29.3 Å². The molecule has 3 heterocycles. The van der Waals surface area contributed by atoms with E-state index >= 15 is 0 Å².